The number of halogens is 1. The van der Waals surface area contributed by atoms with E-state index in [0.717, 1.165) is 55.8 Å². The van der Waals surface area contributed by atoms with Crippen molar-refractivity contribution in [1.29, 1.82) is 0 Å². The van der Waals surface area contributed by atoms with E-state index in [1.807, 2.05) is 6.08 Å². The zero-order chi connectivity index (χ0) is 19.6. The largest absolute Gasteiger partial charge is 0.396 e. The van der Waals surface area contributed by atoms with Gasteiger partial charge in [-0.25, -0.2) is 0 Å². The maximum absolute atomic E-state index is 10.3. The molecular formula is C22H33BrO3S. The second kappa shape index (κ2) is 12.2. The first kappa shape index (κ1) is 22.8. The van der Waals surface area contributed by atoms with Gasteiger partial charge in [0.1, 0.15) is 0 Å². The van der Waals surface area contributed by atoms with Crippen LogP contribution in [-0.4, -0.2) is 34.1 Å². The topological polar surface area (TPSA) is 60.7 Å². The lowest BCUT2D eigenvalue weighted by atomic mass is 9.90. The molecule has 0 aromatic carbocycles. The van der Waals surface area contributed by atoms with Gasteiger partial charge in [-0.2, -0.15) is 0 Å². The smallest absolute Gasteiger partial charge is 0.0724 e. The zero-order valence-corrected chi connectivity index (χ0v) is 18.6. The molecule has 1 aromatic heterocycles. The number of hydrogen-bond donors (Lipinski definition) is 3. The normalized spacial score (nSPS) is 24.4. The van der Waals surface area contributed by atoms with Crippen LogP contribution < -0.4 is 0 Å². The van der Waals surface area contributed by atoms with Crippen LogP contribution in [-0.2, 0) is 6.42 Å². The van der Waals surface area contributed by atoms with E-state index < -0.39 is 6.10 Å². The van der Waals surface area contributed by atoms with Crippen molar-refractivity contribution in [2.75, 3.05) is 6.61 Å². The quantitative estimate of drug-likeness (QED) is 0.318. The molecule has 3 N–H and O–H groups in total. The van der Waals surface area contributed by atoms with E-state index in [1.165, 1.54) is 9.75 Å². The predicted octanol–water partition coefficient (Wildman–Crippen LogP) is 5.16. The lowest BCUT2D eigenvalue weighted by Gasteiger charge is -2.18. The van der Waals surface area contributed by atoms with Crippen molar-refractivity contribution in [2.45, 2.75) is 70.5 Å². The monoisotopic (exact) mass is 456 g/mol. The highest BCUT2D eigenvalue weighted by atomic mass is 79.9. The first-order valence-corrected chi connectivity index (χ1v) is 11.7. The molecule has 0 amide bonds. The highest BCUT2D eigenvalue weighted by Crippen LogP contribution is 2.36. The summed E-state index contributed by atoms with van der Waals surface area (Å²) in [7, 11) is 0. The van der Waals surface area contributed by atoms with Crippen molar-refractivity contribution in [3.63, 3.8) is 0 Å². The molecule has 5 heteroatoms. The first-order chi connectivity index (χ1) is 13.0. The Morgan fingerprint density at radius 3 is 2.81 bits per heavy atom. The Bertz CT molecular complexity index is 591. The third-order valence-corrected chi connectivity index (χ3v) is 7.57. The van der Waals surface area contributed by atoms with E-state index >= 15 is 0 Å². The average Bonchev–Trinajstić information content (AvgIpc) is 3.16. The van der Waals surface area contributed by atoms with Crippen molar-refractivity contribution in [2.24, 2.45) is 11.8 Å². The molecule has 2 rings (SSSR count). The van der Waals surface area contributed by atoms with Crippen molar-refractivity contribution in [1.82, 2.24) is 0 Å². The van der Waals surface area contributed by atoms with Crippen molar-refractivity contribution in [3.8, 4) is 0 Å². The summed E-state index contributed by atoms with van der Waals surface area (Å²) in [6.45, 7) is 2.36. The SMILES string of the molecule is Cc1sc(CC[C@H](O)C=C[C@H]2CCC(O)[C@@H]2CC=CCCCCO)cc1Br. The number of thiophene rings is 1. The van der Waals surface area contributed by atoms with Gasteiger partial charge in [-0.15, -0.1) is 11.3 Å². The number of hydrogen-bond acceptors (Lipinski definition) is 4. The minimum atomic E-state index is -0.432. The van der Waals surface area contributed by atoms with Crippen LogP contribution in [0.15, 0.2) is 34.8 Å². The van der Waals surface area contributed by atoms with Crippen molar-refractivity contribution < 1.29 is 15.3 Å². The Labute approximate surface area is 176 Å². The van der Waals surface area contributed by atoms with Crippen molar-refractivity contribution >= 4 is 27.3 Å². The van der Waals surface area contributed by atoms with Crippen LogP contribution in [0.1, 0.15) is 54.7 Å². The van der Waals surface area contributed by atoms with Gasteiger partial charge in [-0.05, 0) is 92.1 Å². The molecule has 152 valence electrons. The molecule has 1 saturated carbocycles. The lowest BCUT2D eigenvalue weighted by molar-refractivity contribution is 0.125. The predicted molar refractivity (Wildman–Crippen MR) is 117 cm³/mol. The molecule has 1 aliphatic carbocycles. The molecular weight excluding hydrogens is 424 g/mol. The van der Waals surface area contributed by atoms with Gasteiger partial charge >= 0.3 is 0 Å². The van der Waals surface area contributed by atoms with Gasteiger partial charge in [0.2, 0.25) is 0 Å². The number of aliphatic hydroxyl groups is 3. The molecule has 3 nitrogen and oxygen atoms in total. The summed E-state index contributed by atoms with van der Waals surface area (Å²) >= 11 is 5.32. The Morgan fingerprint density at radius 1 is 1.30 bits per heavy atom. The Balaban J connectivity index is 1.77. The van der Waals surface area contributed by atoms with Crippen LogP contribution in [0, 0.1) is 18.8 Å². The molecule has 1 aromatic rings. The van der Waals surface area contributed by atoms with Crippen LogP contribution in [0.3, 0.4) is 0 Å². The van der Waals surface area contributed by atoms with Crippen LogP contribution >= 0.6 is 27.3 Å². The second-order valence-electron chi connectivity index (χ2n) is 7.51. The highest BCUT2D eigenvalue weighted by molar-refractivity contribution is 9.10. The zero-order valence-electron chi connectivity index (χ0n) is 16.2. The van der Waals surface area contributed by atoms with E-state index in [9.17, 15) is 10.2 Å². The van der Waals surface area contributed by atoms with Crippen molar-refractivity contribution in [3.05, 3.63) is 44.6 Å². The summed E-state index contributed by atoms with van der Waals surface area (Å²) < 4.78 is 1.15. The van der Waals surface area contributed by atoms with Gasteiger partial charge in [-0.1, -0.05) is 24.3 Å². The molecule has 0 bridgehead atoms. The van der Waals surface area contributed by atoms with Gasteiger partial charge in [0.15, 0.2) is 0 Å². The number of aryl methyl sites for hydroxylation is 2. The van der Waals surface area contributed by atoms with Gasteiger partial charge < -0.3 is 15.3 Å². The Kier molecular flexibility index (Phi) is 10.3. The molecule has 27 heavy (non-hydrogen) atoms. The van der Waals surface area contributed by atoms with Crippen LogP contribution in [0.4, 0.5) is 0 Å². The van der Waals surface area contributed by atoms with E-state index in [4.69, 9.17) is 5.11 Å². The third kappa shape index (κ3) is 7.82. The molecule has 0 radical (unpaired) electrons. The third-order valence-electron chi connectivity index (χ3n) is 5.37. The fourth-order valence-electron chi connectivity index (χ4n) is 3.69. The fourth-order valence-corrected chi connectivity index (χ4v) is 5.31. The number of rotatable bonds is 11. The van der Waals surface area contributed by atoms with Crippen LogP contribution in [0.2, 0.25) is 0 Å². The van der Waals surface area contributed by atoms with Gasteiger partial charge in [0.25, 0.3) is 0 Å². The van der Waals surface area contributed by atoms with Gasteiger partial charge in [-0.3, -0.25) is 0 Å². The maximum atomic E-state index is 10.3. The summed E-state index contributed by atoms with van der Waals surface area (Å²) in [6.07, 6.45) is 14.9. The molecule has 0 saturated heterocycles. The summed E-state index contributed by atoms with van der Waals surface area (Å²) in [5.74, 6) is 0.591. The standard InChI is InChI=1S/C22H33BrO3S/c1-16-21(23)15-19(27-16)12-11-18(25)10-8-17-9-13-22(26)20(17)7-5-3-2-4-6-14-24/h3,5,8,10,15,17-18,20,22,24-26H,2,4,6-7,9,11-14H2,1H3/t17-,18+,20+,22?/m0/s1. The Hall–Kier alpha value is -0.460. The summed E-state index contributed by atoms with van der Waals surface area (Å²) in [5, 5.41) is 29.4. The fraction of sp³-hybridized carbons (Fsp3) is 0.636. The Morgan fingerprint density at radius 2 is 2.11 bits per heavy atom. The summed E-state index contributed by atoms with van der Waals surface area (Å²) in [4.78, 5) is 2.58. The summed E-state index contributed by atoms with van der Waals surface area (Å²) in [5.41, 5.74) is 0. The van der Waals surface area contributed by atoms with Gasteiger partial charge in [0.05, 0.1) is 12.2 Å². The maximum Gasteiger partial charge on any atom is 0.0724 e. The first-order valence-electron chi connectivity index (χ1n) is 10.1. The average molecular weight is 457 g/mol. The molecule has 4 atom stereocenters. The highest BCUT2D eigenvalue weighted by Gasteiger charge is 2.32. The minimum absolute atomic E-state index is 0.245. The van der Waals surface area contributed by atoms with Crippen LogP contribution in [0.25, 0.3) is 0 Å². The second-order valence-corrected chi connectivity index (χ2v) is 9.70. The number of allylic oxidation sites excluding steroid dienone is 3. The lowest BCUT2D eigenvalue weighted by Crippen LogP contribution is -2.17. The van der Waals surface area contributed by atoms with Crippen LogP contribution in [0.5, 0.6) is 0 Å². The van der Waals surface area contributed by atoms with E-state index in [2.05, 4.69) is 47.1 Å². The molecule has 0 spiro atoms. The number of aliphatic hydroxyl groups excluding tert-OH is 3. The van der Waals surface area contributed by atoms with E-state index in [1.54, 1.807) is 11.3 Å². The van der Waals surface area contributed by atoms with Gasteiger partial charge in [0, 0.05) is 20.8 Å². The molecule has 1 heterocycles. The molecule has 1 fully saturated rings. The molecule has 0 aliphatic heterocycles. The van der Waals surface area contributed by atoms with E-state index in [0.29, 0.717) is 5.92 Å². The summed E-state index contributed by atoms with van der Waals surface area (Å²) in [6, 6.07) is 2.15. The molecule has 1 unspecified atom stereocenters. The molecule has 1 aliphatic rings. The van der Waals surface area contributed by atoms with E-state index in [-0.39, 0.29) is 18.6 Å². The minimum Gasteiger partial charge on any atom is -0.396 e. The number of unbranched alkanes of at least 4 members (excludes halogenated alkanes) is 2.